The second-order valence-corrected chi connectivity index (χ2v) is 7.21. The molecule has 0 radical (unpaired) electrons. The molecule has 0 aliphatic heterocycles. The third-order valence-electron chi connectivity index (χ3n) is 3.04. The molecule has 0 aliphatic carbocycles. The molecule has 0 saturated heterocycles. The van der Waals surface area contributed by atoms with Crippen LogP contribution in [0.25, 0.3) is 0 Å². The Morgan fingerprint density at radius 3 is 2.79 bits per heavy atom. The summed E-state index contributed by atoms with van der Waals surface area (Å²) >= 11 is 11.2. The first-order chi connectivity index (χ1) is 9.10. The van der Waals surface area contributed by atoms with Gasteiger partial charge in [0.25, 0.3) is 0 Å². The monoisotopic (exact) mass is 358 g/mol. The Balaban J connectivity index is 2.12. The van der Waals surface area contributed by atoms with Crippen molar-refractivity contribution in [3.8, 4) is 0 Å². The van der Waals surface area contributed by atoms with Gasteiger partial charge < -0.3 is 5.73 Å². The van der Waals surface area contributed by atoms with E-state index in [0.717, 1.165) is 20.9 Å². The Labute approximate surface area is 131 Å². The van der Waals surface area contributed by atoms with E-state index < -0.39 is 0 Å². The Hall–Kier alpha value is -0.390. The number of hydrogen-bond acceptors (Lipinski definition) is 3. The molecule has 0 aliphatic rings. The van der Waals surface area contributed by atoms with Gasteiger partial charge in [-0.3, -0.25) is 4.90 Å². The largest absolute Gasteiger partial charge is 0.329 e. The van der Waals surface area contributed by atoms with Crippen LogP contribution in [0.15, 0.2) is 39.5 Å². The number of nitrogens with two attached hydrogens (primary N) is 1. The first kappa shape index (κ1) is 15.0. The molecule has 0 bridgehead atoms. The summed E-state index contributed by atoms with van der Waals surface area (Å²) in [6.45, 7) is 1.44. The highest BCUT2D eigenvalue weighted by molar-refractivity contribution is 9.11. The zero-order chi connectivity index (χ0) is 13.8. The summed E-state index contributed by atoms with van der Waals surface area (Å²) in [5, 5.41) is 2.91. The highest BCUT2D eigenvalue weighted by Gasteiger charge is 2.16. The summed E-state index contributed by atoms with van der Waals surface area (Å²) in [6, 6.07) is 10.2. The lowest BCUT2D eigenvalue weighted by Gasteiger charge is -2.27. The molecule has 2 nitrogen and oxygen atoms in total. The maximum Gasteiger partial charge on any atom is 0.0701 e. The fourth-order valence-corrected chi connectivity index (χ4v) is 3.51. The van der Waals surface area contributed by atoms with Crippen LogP contribution in [0.3, 0.4) is 0 Å². The molecule has 2 rings (SSSR count). The molecule has 19 heavy (non-hydrogen) atoms. The lowest BCUT2D eigenvalue weighted by molar-refractivity contribution is 0.242. The number of likely N-dealkylation sites (N-methyl/N-ethyl adjacent to an activating group) is 1. The molecule has 2 aromatic rings. The van der Waals surface area contributed by atoms with E-state index in [1.165, 1.54) is 5.56 Å². The van der Waals surface area contributed by atoms with Crippen molar-refractivity contribution in [1.29, 1.82) is 0 Å². The number of benzene rings is 1. The third-order valence-corrected chi connectivity index (χ3v) is 4.83. The Morgan fingerprint density at radius 1 is 1.42 bits per heavy atom. The van der Waals surface area contributed by atoms with Crippen molar-refractivity contribution < 1.29 is 0 Å². The van der Waals surface area contributed by atoms with Gasteiger partial charge in [0, 0.05) is 24.2 Å². The number of rotatable bonds is 5. The Morgan fingerprint density at radius 2 is 2.21 bits per heavy atom. The Bertz CT molecular complexity index is 544. The summed E-state index contributed by atoms with van der Waals surface area (Å²) in [5.41, 5.74) is 8.37. The molecule has 0 spiro atoms. The molecule has 0 saturated carbocycles. The van der Waals surface area contributed by atoms with Crippen LogP contribution < -0.4 is 5.73 Å². The molecule has 5 heteroatoms. The fraction of sp³-hybridized carbons (Fsp3) is 0.286. The van der Waals surface area contributed by atoms with E-state index >= 15 is 0 Å². The summed E-state index contributed by atoms with van der Waals surface area (Å²) < 4.78 is 1.16. The average molecular weight is 360 g/mol. The quantitative estimate of drug-likeness (QED) is 0.862. The first-order valence-electron chi connectivity index (χ1n) is 5.99. The van der Waals surface area contributed by atoms with Gasteiger partial charge in [-0.25, -0.2) is 0 Å². The molecule has 1 unspecified atom stereocenters. The molecule has 2 N–H and O–H groups in total. The molecule has 0 amide bonds. The first-order valence-corrected chi connectivity index (χ1v) is 8.04. The van der Waals surface area contributed by atoms with E-state index in [-0.39, 0.29) is 6.04 Å². The SMILES string of the molecule is CN(Cc1csc(Br)c1)C(CN)c1cccc(Cl)c1. The molecular formula is C14H16BrClN2S. The number of halogens is 2. The van der Waals surface area contributed by atoms with Crippen LogP contribution in [-0.4, -0.2) is 18.5 Å². The number of hydrogen-bond donors (Lipinski definition) is 1. The molecule has 0 fully saturated rings. The van der Waals surface area contributed by atoms with Crippen LogP contribution in [0.5, 0.6) is 0 Å². The van der Waals surface area contributed by atoms with Crippen LogP contribution in [0, 0.1) is 0 Å². The van der Waals surface area contributed by atoms with Crippen LogP contribution in [0.2, 0.25) is 5.02 Å². The van der Waals surface area contributed by atoms with Gasteiger partial charge in [-0.05, 0) is 57.7 Å². The normalized spacial score (nSPS) is 12.9. The van der Waals surface area contributed by atoms with Gasteiger partial charge in [0.15, 0.2) is 0 Å². The van der Waals surface area contributed by atoms with Crippen molar-refractivity contribution in [3.63, 3.8) is 0 Å². The average Bonchev–Trinajstić information content (AvgIpc) is 2.75. The van der Waals surface area contributed by atoms with Crippen LogP contribution in [0.1, 0.15) is 17.2 Å². The van der Waals surface area contributed by atoms with Gasteiger partial charge >= 0.3 is 0 Å². The van der Waals surface area contributed by atoms with E-state index in [4.69, 9.17) is 17.3 Å². The fourth-order valence-electron chi connectivity index (χ4n) is 2.11. The van der Waals surface area contributed by atoms with Gasteiger partial charge in [-0.1, -0.05) is 23.7 Å². The van der Waals surface area contributed by atoms with Gasteiger partial charge in [0.05, 0.1) is 3.79 Å². The second kappa shape index (κ2) is 6.86. The summed E-state index contributed by atoms with van der Waals surface area (Å²) in [5.74, 6) is 0. The maximum absolute atomic E-state index is 6.05. The van der Waals surface area contributed by atoms with Crippen LogP contribution in [-0.2, 0) is 6.54 Å². The van der Waals surface area contributed by atoms with E-state index in [2.05, 4.69) is 45.4 Å². The standard InChI is InChI=1S/C14H16BrClN2S/c1-18(8-10-5-14(15)19-9-10)13(7-17)11-3-2-4-12(16)6-11/h2-6,9,13H,7-8,17H2,1H3. The molecule has 1 atom stereocenters. The molecule has 102 valence electrons. The highest BCUT2D eigenvalue weighted by atomic mass is 79.9. The number of nitrogens with zero attached hydrogens (tertiary/aromatic N) is 1. The second-order valence-electron chi connectivity index (χ2n) is 4.48. The topological polar surface area (TPSA) is 29.3 Å². The van der Waals surface area contributed by atoms with Gasteiger partial charge in [-0.2, -0.15) is 0 Å². The van der Waals surface area contributed by atoms with Crippen molar-refractivity contribution in [2.45, 2.75) is 12.6 Å². The van der Waals surface area contributed by atoms with E-state index in [1.54, 1.807) is 11.3 Å². The van der Waals surface area contributed by atoms with Gasteiger partial charge in [0.1, 0.15) is 0 Å². The van der Waals surface area contributed by atoms with Crippen molar-refractivity contribution in [1.82, 2.24) is 4.90 Å². The maximum atomic E-state index is 6.05. The molecule has 1 aromatic carbocycles. The highest BCUT2D eigenvalue weighted by Crippen LogP contribution is 2.26. The van der Waals surface area contributed by atoms with Crippen molar-refractivity contribution in [2.24, 2.45) is 5.73 Å². The molecule has 1 heterocycles. The molecular weight excluding hydrogens is 344 g/mol. The minimum atomic E-state index is 0.178. The van der Waals surface area contributed by atoms with Gasteiger partial charge in [-0.15, -0.1) is 11.3 Å². The lowest BCUT2D eigenvalue weighted by Crippen LogP contribution is -2.30. The van der Waals surface area contributed by atoms with Gasteiger partial charge in [0.2, 0.25) is 0 Å². The van der Waals surface area contributed by atoms with E-state index in [0.29, 0.717) is 6.54 Å². The van der Waals surface area contributed by atoms with E-state index in [9.17, 15) is 0 Å². The summed E-state index contributed by atoms with van der Waals surface area (Å²) in [4.78, 5) is 2.25. The number of thiophene rings is 1. The molecule has 1 aromatic heterocycles. The zero-order valence-corrected chi connectivity index (χ0v) is 13.8. The van der Waals surface area contributed by atoms with Crippen LogP contribution in [0.4, 0.5) is 0 Å². The smallest absolute Gasteiger partial charge is 0.0701 e. The lowest BCUT2D eigenvalue weighted by atomic mass is 10.1. The predicted octanol–water partition coefficient (Wildman–Crippen LogP) is 4.30. The minimum Gasteiger partial charge on any atom is -0.329 e. The predicted molar refractivity (Wildman–Crippen MR) is 86.7 cm³/mol. The van der Waals surface area contributed by atoms with Crippen molar-refractivity contribution >= 4 is 38.9 Å². The summed E-state index contributed by atoms with van der Waals surface area (Å²) in [6.07, 6.45) is 0. The van der Waals surface area contributed by atoms with E-state index in [1.807, 2.05) is 18.2 Å². The minimum absolute atomic E-state index is 0.178. The third kappa shape index (κ3) is 4.04. The summed E-state index contributed by atoms with van der Waals surface area (Å²) in [7, 11) is 2.09. The van der Waals surface area contributed by atoms with Crippen molar-refractivity contribution in [3.05, 3.63) is 55.6 Å². The Kier molecular flexibility index (Phi) is 5.42. The van der Waals surface area contributed by atoms with Crippen LogP contribution >= 0.6 is 38.9 Å². The van der Waals surface area contributed by atoms with Crippen molar-refractivity contribution in [2.75, 3.05) is 13.6 Å². The zero-order valence-electron chi connectivity index (χ0n) is 10.6.